The molecule has 0 aliphatic heterocycles. The summed E-state index contributed by atoms with van der Waals surface area (Å²) in [5, 5.41) is 11.0. The predicted octanol–water partition coefficient (Wildman–Crippen LogP) is 5.15. The van der Waals surface area contributed by atoms with Gasteiger partial charge in [0, 0.05) is 18.1 Å². The first-order valence-corrected chi connectivity index (χ1v) is 8.07. The molecule has 2 aromatic rings. The summed E-state index contributed by atoms with van der Waals surface area (Å²) >= 11 is 0. The minimum Gasteiger partial charge on any atom is -0.456 e. The van der Waals surface area contributed by atoms with Crippen molar-refractivity contribution in [3.63, 3.8) is 0 Å². The van der Waals surface area contributed by atoms with Crippen molar-refractivity contribution >= 4 is 16.7 Å². The van der Waals surface area contributed by atoms with Crippen LogP contribution in [0.5, 0.6) is 0 Å². The first-order valence-electron chi connectivity index (χ1n) is 8.07. The van der Waals surface area contributed by atoms with Gasteiger partial charge in [-0.15, -0.1) is 13.2 Å². The maximum Gasteiger partial charge on any atom is 0.143 e. The highest BCUT2D eigenvalue weighted by molar-refractivity contribution is 5.81. The molecule has 0 amide bonds. The summed E-state index contributed by atoms with van der Waals surface area (Å²) in [6.45, 7) is 27.1. The Labute approximate surface area is 162 Å². The van der Waals surface area contributed by atoms with E-state index in [0.29, 0.717) is 34.2 Å². The smallest absolute Gasteiger partial charge is 0.143 e. The average molecular weight is 364 g/mol. The van der Waals surface area contributed by atoms with Crippen LogP contribution in [-0.4, -0.2) is 10.2 Å². The minimum absolute atomic E-state index is 0. The molecule has 0 aliphatic rings. The molecule has 0 bridgehead atoms. The number of aromatic amines is 1. The topological polar surface area (TPSA) is 76.0 Å². The monoisotopic (exact) mass is 364 g/mol. The molecule has 0 saturated carbocycles. The van der Waals surface area contributed by atoms with E-state index in [1.165, 1.54) is 0 Å². The molecule has 0 spiro atoms. The van der Waals surface area contributed by atoms with Crippen LogP contribution >= 0.6 is 0 Å². The number of nitrogens with two attached hydrogens (primary N) is 1. The first kappa shape index (κ1) is 21.3. The van der Waals surface area contributed by atoms with Crippen molar-refractivity contribution in [2.24, 2.45) is 5.73 Å². The highest BCUT2D eigenvalue weighted by Gasteiger charge is 2.10. The van der Waals surface area contributed by atoms with Crippen LogP contribution in [0.25, 0.3) is 16.7 Å². The second-order valence-corrected chi connectivity index (χ2v) is 5.51. The van der Waals surface area contributed by atoms with Crippen molar-refractivity contribution in [3.05, 3.63) is 111 Å². The molecule has 1 aromatic carbocycles. The van der Waals surface area contributed by atoms with Gasteiger partial charge in [-0.25, -0.2) is 0 Å². The number of hydrogen-bond donors (Lipinski definition) is 3. The maximum atomic E-state index is 5.87. The normalized spacial score (nSPS) is 10.7. The Hall–Kier alpha value is -3.73. The van der Waals surface area contributed by atoms with E-state index in [1.54, 1.807) is 19.2 Å². The molecule has 27 heavy (non-hydrogen) atoms. The van der Waals surface area contributed by atoms with Gasteiger partial charge in [-0.3, -0.25) is 5.10 Å². The summed E-state index contributed by atoms with van der Waals surface area (Å²) in [4.78, 5) is 0. The van der Waals surface area contributed by atoms with Crippen molar-refractivity contribution in [1.82, 2.24) is 15.5 Å². The van der Waals surface area contributed by atoms with E-state index in [-0.39, 0.29) is 1.43 Å². The van der Waals surface area contributed by atoms with Crippen LogP contribution in [0.1, 0.15) is 13.9 Å². The molecule has 1 aromatic heterocycles. The van der Waals surface area contributed by atoms with Crippen LogP contribution < -0.4 is 11.1 Å². The van der Waals surface area contributed by atoms with Crippen LogP contribution in [0.3, 0.4) is 0 Å². The Morgan fingerprint density at radius 2 is 1.93 bits per heavy atom. The zero-order chi connectivity index (χ0) is 20.6. The van der Waals surface area contributed by atoms with Gasteiger partial charge in [-0.2, -0.15) is 5.10 Å². The number of benzene rings is 1. The van der Waals surface area contributed by atoms with Gasteiger partial charge in [-0.1, -0.05) is 51.1 Å². The quantitative estimate of drug-likeness (QED) is 0.344. The number of allylic oxidation sites excluding steroid dienone is 2. The number of H-pyrrole nitrogens is 1. The lowest BCUT2D eigenvalue weighted by molar-refractivity contribution is 0.392. The maximum absolute atomic E-state index is 5.87. The molecule has 5 nitrogen and oxygen atoms in total. The van der Waals surface area contributed by atoms with E-state index in [2.05, 4.69) is 61.6 Å². The van der Waals surface area contributed by atoms with Crippen LogP contribution in [0.4, 0.5) is 0 Å². The number of aromatic nitrogens is 2. The highest BCUT2D eigenvalue weighted by Crippen LogP contribution is 2.23. The third-order valence-corrected chi connectivity index (χ3v) is 3.58. The number of hydrogen-bond acceptors (Lipinski definition) is 4. The molecule has 0 radical (unpaired) electrons. The number of nitrogens with zero attached hydrogens (tertiary/aromatic N) is 1. The van der Waals surface area contributed by atoms with Gasteiger partial charge in [0.2, 0.25) is 0 Å². The molecule has 142 valence electrons. The number of nitrogens with one attached hydrogen (secondary N) is 2. The Bertz CT molecular complexity index is 933. The highest BCUT2D eigenvalue weighted by atomic mass is 16.5. The molecular formula is C22H28N4O. The second-order valence-electron chi connectivity index (χ2n) is 5.51. The number of ether oxygens (including phenoxy) is 1. The summed E-state index contributed by atoms with van der Waals surface area (Å²) in [5.74, 6) is 0.771. The standard InChI is InChI=1S/C20H22N4O.C2H4.H2/c1-7-12(2)20(13(3)21)23-14(4)15(5)25-16(6)17-8-9-18-11-22-24-19(18)10-17;1-2;/h7-11,23H,1-2,4-6,21H2,3H3,(H,22,24);1-2H2;1H/b20-13-;;. The van der Waals surface area contributed by atoms with E-state index in [9.17, 15) is 0 Å². The summed E-state index contributed by atoms with van der Waals surface area (Å²) in [7, 11) is 0. The molecule has 2 rings (SSSR count). The minimum atomic E-state index is 0. The molecule has 1 heterocycles. The Morgan fingerprint density at radius 1 is 1.26 bits per heavy atom. The number of rotatable bonds is 8. The van der Waals surface area contributed by atoms with Crippen molar-refractivity contribution in [3.8, 4) is 0 Å². The zero-order valence-electron chi connectivity index (χ0n) is 15.8. The van der Waals surface area contributed by atoms with Crippen molar-refractivity contribution in [2.75, 3.05) is 0 Å². The van der Waals surface area contributed by atoms with Gasteiger partial charge in [0.15, 0.2) is 0 Å². The fourth-order valence-corrected chi connectivity index (χ4v) is 2.13. The van der Waals surface area contributed by atoms with Gasteiger partial charge < -0.3 is 15.8 Å². The summed E-state index contributed by atoms with van der Waals surface area (Å²) < 4.78 is 5.71. The van der Waals surface area contributed by atoms with Crippen molar-refractivity contribution in [2.45, 2.75) is 6.92 Å². The van der Waals surface area contributed by atoms with Gasteiger partial charge in [0.1, 0.15) is 11.5 Å². The molecule has 0 saturated heterocycles. The lowest BCUT2D eigenvalue weighted by Crippen LogP contribution is -2.19. The summed E-state index contributed by atoms with van der Waals surface area (Å²) in [6.07, 6.45) is 3.36. The second kappa shape index (κ2) is 9.68. The SMILES string of the molecule is C=C.C=CC(=C)/C(NC(=C)C(=C)OC(=C)c1ccc2cn[nH]c2c1)=C(\C)N.[HH]. The molecule has 0 atom stereocenters. The largest absolute Gasteiger partial charge is 0.456 e. The average Bonchev–Trinajstić information content (AvgIpc) is 3.14. The van der Waals surface area contributed by atoms with Gasteiger partial charge in [0.05, 0.1) is 23.1 Å². The van der Waals surface area contributed by atoms with Crippen LogP contribution in [0.15, 0.2) is 105 Å². The van der Waals surface area contributed by atoms with Gasteiger partial charge in [0.25, 0.3) is 0 Å². The van der Waals surface area contributed by atoms with Crippen LogP contribution in [0, 0.1) is 0 Å². The molecule has 5 heteroatoms. The Morgan fingerprint density at radius 3 is 2.52 bits per heavy atom. The molecule has 4 N–H and O–H groups in total. The zero-order valence-corrected chi connectivity index (χ0v) is 15.8. The van der Waals surface area contributed by atoms with Gasteiger partial charge >= 0.3 is 0 Å². The van der Waals surface area contributed by atoms with E-state index in [4.69, 9.17) is 10.5 Å². The third-order valence-electron chi connectivity index (χ3n) is 3.58. The van der Waals surface area contributed by atoms with E-state index >= 15 is 0 Å². The fourth-order valence-electron chi connectivity index (χ4n) is 2.13. The summed E-state index contributed by atoms with van der Waals surface area (Å²) in [6, 6.07) is 5.74. The van der Waals surface area contributed by atoms with Crippen LogP contribution in [0.2, 0.25) is 0 Å². The fraction of sp³-hybridized carbons (Fsp3) is 0.0455. The summed E-state index contributed by atoms with van der Waals surface area (Å²) in [5.41, 5.74) is 9.86. The lowest BCUT2D eigenvalue weighted by Gasteiger charge is -2.18. The first-order chi connectivity index (χ1) is 12.8. The predicted molar refractivity (Wildman–Crippen MR) is 117 cm³/mol. The lowest BCUT2D eigenvalue weighted by atomic mass is 10.1. The molecule has 0 unspecified atom stereocenters. The Kier molecular flexibility index (Phi) is 7.64. The number of fused-ring (bicyclic) bond motifs is 1. The van der Waals surface area contributed by atoms with E-state index in [1.807, 2.05) is 18.2 Å². The van der Waals surface area contributed by atoms with E-state index < -0.39 is 0 Å². The third kappa shape index (κ3) is 5.37. The molecular weight excluding hydrogens is 336 g/mol. The molecule has 0 fully saturated rings. The van der Waals surface area contributed by atoms with E-state index in [0.717, 1.165) is 16.5 Å². The van der Waals surface area contributed by atoms with Crippen LogP contribution in [-0.2, 0) is 4.74 Å². The molecule has 0 aliphatic carbocycles. The van der Waals surface area contributed by atoms with Crippen molar-refractivity contribution in [1.29, 1.82) is 0 Å². The van der Waals surface area contributed by atoms with Gasteiger partial charge in [-0.05, 0) is 18.6 Å². The Balaban J connectivity index is 0.00000235. The van der Waals surface area contributed by atoms with Crippen molar-refractivity contribution < 1.29 is 6.16 Å².